The van der Waals surface area contributed by atoms with Gasteiger partial charge in [0.15, 0.2) is 0 Å². The van der Waals surface area contributed by atoms with Crippen LogP contribution in [0.15, 0.2) is 0 Å². The number of hydrogen-bond acceptors (Lipinski definition) is 10. The van der Waals surface area contributed by atoms with Crippen LogP contribution in [0.3, 0.4) is 0 Å². The molecule has 0 aliphatic carbocycles. The molecule has 288 valence electrons. The summed E-state index contributed by atoms with van der Waals surface area (Å²) in [4.78, 5) is 50.7. The van der Waals surface area contributed by atoms with Crippen molar-refractivity contribution >= 4 is 23.8 Å². The summed E-state index contributed by atoms with van der Waals surface area (Å²) in [5.74, 6) is -0.267. The number of nitrogens with one attached hydrogen (secondary N) is 1. The van der Waals surface area contributed by atoms with Crippen LogP contribution in [-0.4, -0.2) is 119 Å². The van der Waals surface area contributed by atoms with Crippen molar-refractivity contribution in [3.05, 3.63) is 0 Å². The molecule has 0 bridgehead atoms. The zero-order valence-corrected chi connectivity index (χ0v) is 34.8. The summed E-state index contributed by atoms with van der Waals surface area (Å²) >= 11 is 0. The van der Waals surface area contributed by atoms with Crippen molar-refractivity contribution in [1.82, 2.24) is 20.0 Å². The summed E-state index contributed by atoms with van der Waals surface area (Å²) in [5.41, 5.74) is -1.20. The Morgan fingerprint density at radius 3 is 1.31 bits per heavy atom. The summed E-state index contributed by atoms with van der Waals surface area (Å²) < 4.78 is 15.1. The van der Waals surface area contributed by atoms with E-state index < -0.39 is 0 Å². The smallest absolute Gasteiger partial charge is 0.312 e. The molecule has 0 fully saturated rings. The molecule has 0 spiro atoms. The first-order chi connectivity index (χ1) is 21.7. The van der Waals surface area contributed by atoms with Crippen LogP contribution in [0.5, 0.6) is 0 Å². The van der Waals surface area contributed by atoms with Crippen LogP contribution in [-0.2, 0) is 33.4 Å². The van der Waals surface area contributed by atoms with Crippen LogP contribution in [0.25, 0.3) is 0 Å². The Bertz CT molecular complexity index is 883. The van der Waals surface area contributed by atoms with Gasteiger partial charge >= 0.3 is 17.9 Å². The predicted octanol–water partition coefficient (Wildman–Crippen LogP) is 6.24. The summed E-state index contributed by atoms with van der Waals surface area (Å²) in [7, 11) is 11.7. The number of esters is 3. The van der Waals surface area contributed by atoms with Gasteiger partial charge in [-0.3, -0.25) is 24.1 Å². The number of hydrogen-bond donors (Lipinski definition) is 1. The van der Waals surface area contributed by atoms with E-state index in [2.05, 4.69) is 10.2 Å². The van der Waals surface area contributed by atoms with Gasteiger partial charge in [0.05, 0.1) is 10.8 Å². The Morgan fingerprint density at radius 2 is 1.00 bits per heavy atom. The second kappa shape index (κ2) is 26.6. The van der Waals surface area contributed by atoms with Gasteiger partial charge in [-0.2, -0.15) is 0 Å². The number of amides is 1. The quantitative estimate of drug-likeness (QED) is 0.0814. The van der Waals surface area contributed by atoms with E-state index in [4.69, 9.17) is 14.2 Å². The third-order valence-electron chi connectivity index (χ3n) is 7.94. The fourth-order valence-electron chi connectivity index (χ4n) is 2.65. The van der Waals surface area contributed by atoms with Crippen molar-refractivity contribution in [2.24, 2.45) is 16.2 Å². The van der Waals surface area contributed by atoms with Crippen LogP contribution in [0.1, 0.15) is 122 Å². The lowest BCUT2D eigenvalue weighted by Crippen LogP contribution is -2.37. The standard InChI is InChI=1S/C11H24N2O.C10H21NO2.C9H19NO2.C7H14O2/c1-6-11(2,3)10(14)12-8-7-9-13(4)5;1-6-10(2,3)9(12)13-8-7-11(4)5;1-6-9(2,3)8(11)12-7-10(4)5;1-5-7(3,4)9-6(2)8/h6-9H2,1-5H3,(H,12,14);6-8H2,1-5H3;6-7H2,1-5H3;5H2,1-4H3. The van der Waals surface area contributed by atoms with Gasteiger partial charge in [0.2, 0.25) is 5.91 Å². The molecule has 1 N–H and O–H groups in total. The van der Waals surface area contributed by atoms with E-state index in [1.165, 1.54) is 6.92 Å². The second-order valence-electron chi connectivity index (χ2n) is 15.4. The molecule has 48 heavy (non-hydrogen) atoms. The van der Waals surface area contributed by atoms with Crippen molar-refractivity contribution in [2.45, 2.75) is 128 Å². The molecule has 0 rings (SSSR count). The second-order valence-corrected chi connectivity index (χ2v) is 15.4. The molecule has 1 amide bonds. The number of rotatable bonds is 17. The van der Waals surface area contributed by atoms with Gasteiger partial charge < -0.3 is 29.3 Å². The Balaban J connectivity index is -0.000000272. The average Bonchev–Trinajstić information content (AvgIpc) is 2.97. The average molecular weight is 691 g/mol. The highest BCUT2D eigenvalue weighted by Crippen LogP contribution is 2.22. The lowest BCUT2D eigenvalue weighted by atomic mass is 9.89. The SMILES string of the molecule is CCC(C)(C)C(=O)NCCCN(C)C.CCC(C)(C)C(=O)OCCN(C)C.CCC(C)(C)C(=O)OCN(C)C.CCC(C)(C)OC(C)=O. The van der Waals surface area contributed by atoms with Crippen LogP contribution < -0.4 is 5.32 Å². The molecule has 0 aliphatic heterocycles. The first-order valence-corrected chi connectivity index (χ1v) is 17.4. The normalized spacial score (nSPS) is 11.7. The number of ether oxygens (including phenoxy) is 3. The third kappa shape index (κ3) is 31.1. The Morgan fingerprint density at radius 1 is 0.583 bits per heavy atom. The maximum absolute atomic E-state index is 11.6. The fourth-order valence-corrected chi connectivity index (χ4v) is 2.65. The number of carbonyl (C=O) groups excluding carboxylic acids is 4. The highest BCUT2D eigenvalue weighted by Gasteiger charge is 2.28. The number of nitrogens with zero attached hydrogens (tertiary/aromatic N) is 3. The van der Waals surface area contributed by atoms with Crippen molar-refractivity contribution in [1.29, 1.82) is 0 Å². The first kappa shape index (κ1) is 52.6. The van der Waals surface area contributed by atoms with Crippen LogP contribution in [0.4, 0.5) is 0 Å². The van der Waals surface area contributed by atoms with E-state index in [1.807, 2.05) is 135 Å². The summed E-state index contributed by atoms with van der Waals surface area (Å²) in [5, 5.41) is 2.96. The summed E-state index contributed by atoms with van der Waals surface area (Å²) in [6.07, 6.45) is 4.37. The van der Waals surface area contributed by atoms with Crippen molar-refractivity contribution in [3.8, 4) is 0 Å². The van der Waals surface area contributed by atoms with E-state index in [0.29, 0.717) is 13.3 Å². The zero-order valence-electron chi connectivity index (χ0n) is 34.8. The molecule has 0 aliphatic rings. The minimum absolute atomic E-state index is 0.100. The number of carbonyl (C=O) groups is 4. The lowest BCUT2D eigenvalue weighted by Gasteiger charge is -2.21. The monoisotopic (exact) mass is 691 g/mol. The van der Waals surface area contributed by atoms with Crippen molar-refractivity contribution in [2.75, 3.05) is 75.3 Å². The fraction of sp³-hybridized carbons (Fsp3) is 0.892. The minimum atomic E-state index is -0.351. The van der Waals surface area contributed by atoms with E-state index in [1.54, 1.807) is 0 Å². The van der Waals surface area contributed by atoms with Gasteiger partial charge in [0.1, 0.15) is 18.9 Å². The van der Waals surface area contributed by atoms with Gasteiger partial charge in [-0.15, -0.1) is 0 Å². The molecular weight excluding hydrogens is 612 g/mol. The van der Waals surface area contributed by atoms with Gasteiger partial charge in [-0.25, -0.2) is 0 Å². The maximum Gasteiger partial charge on any atom is 0.312 e. The van der Waals surface area contributed by atoms with Crippen LogP contribution >= 0.6 is 0 Å². The van der Waals surface area contributed by atoms with Gasteiger partial charge in [0, 0.05) is 25.4 Å². The zero-order chi connectivity index (χ0) is 38.9. The van der Waals surface area contributed by atoms with E-state index >= 15 is 0 Å². The highest BCUT2D eigenvalue weighted by molar-refractivity contribution is 5.81. The summed E-state index contributed by atoms with van der Waals surface area (Å²) in [6, 6.07) is 0. The van der Waals surface area contributed by atoms with Gasteiger partial charge in [-0.05, 0) is 122 Å². The van der Waals surface area contributed by atoms with Crippen molar-refractivity contribution < 1.29 is 33.4 Å². The molecular formula is C37H78N4O7. The van der Waals surface area contributed by atoms with Crippen molar-refractivity contribution in [3.63, 3.8) is 0 Å². The van der Waals surface area contributed by atoms with Gasteiger partial charge in [0.25, 0.3) is 0 Å². The van der Waals surface area contributed by atoms with E-state index in [9.17, 15) is 19.2 Å². The summed E-state index contributed by atoms with van der Waals surface area (Å²) in [6.45, 7) is 28.2. The topological polar surface area (TPSA) is 118 Å². The molecule has 0 saturated carbocycles. The first-order valence-electron chi connectivity index (χ1n) is 17.4. The van der Waals surface area contributed by atoms with E-state index in [-0.39, 0.29) is 45.7 Å². The molecule has 0 saturated heterocycles. The molecule has 0 radical (unpaired) electrons. The Kier molecular flexibility index (Phi) is 29.1. The maximum atomic E-state index is 11.6. The van der Waals surface area contributed by atoms with Gasteiger partial charge in [-0.1, -0.05) is 41.5 Å². The van der Waals surface area contributed by atoms with Crippen LogP contribution in [0, 0.1) is 16.2 Å². The molecule has 0 atom stereocenters. The largest absolute Gasteiger partial charge is 0.464 e. The Labute approximate surface area is 296 Å². The third-order valence-corrected chi connectivity index (χ3v) is 7.94. The van der Waals surface area contributed by atoms with E-state index in [0.717, 1.165) is 51.7 Å². The molecule has 11 heteroatoms. The molecule has 0 aromatic rings. The lowest BCUT2D eigenvalue weighted by molar-refractivity contribution is -0.158. The molecule has 0 heterocycles. The molecule has 11 nitrogen and oxygen atoms in total. The Hall–Kier alpha value is -2.24. The number of likely N-dealkylation sites (N-methyl/N-ethyl adjacent to an activating group) is 1. The predicted molar refractivity (Wildman–Crippen MR) is 199 cm³/mol. The molecule has 0 aromatic carbocycles. The highest BCUT2D eigenvalue weighted by atomic mass is 16.6. The molecule has 0 unspecified atom stereocenters. The molecule has 0 aromatic heterocycles. The van der Waals surface area contributed by atoms with Crippen LogP contribution in [0.2, 0.25) is 0 Å². The minimum Gasteiger partial charge on any atom is -0.464 e.